The minimum atomic E-state index is -0.996. The number of anilines is 2. The maximum Gasteiger partial charge on any atom is 0.409 e. The normalized spacial score (nSPS) is 24.1. The van der Waals surface area contributed by atoms with E-state index < -0.39 is 46.8 Å². The zero-order chi connectivity index (χ0) is 54.5. The molecule has 3 aromatic carbocycles. The van der Waals surface area contributed by atoms with Crippen LogP contribution in [0.15, 0.2) is 66.9 Å². The Morgan fingerprint density at radius 3 is 2.51 bits per heavy atom. The van der Waals surface area contributed by atoms with Crippen molar-refractivity contribution in [3.8, 4) is 29.6 Å². The van der Waals surface area contributed by atoms with Crippen LogP contribution in [0.1, 0.15) is 96.9 Å². The molecular formula is C59H63F2N11O7. The number of ether oxygens (including phenoxy) is 2. The molecule has 0 saturated carbocycles. The van der Waals surface area contributed by atoms with Crippen molar-refractivity contribution in [2.75, 3.05) is 82.3 Å². The van der Waals surface area contributed by atoms with Gasteiger partial charge in [0.1, 0.15) is 42.1 Å². The molecule has 5 atom stereocenters. The number of amides is 5. The number of aromatic nitrogens is 3. The summed E-state index contributed by atoms with van der Waals surface area (Å²) in [6.45, 7) is 11.1. The third-order valence-electron chi connectivity index (χ3n) is 17.2. The van der Waals surface area contributed by atoms with E-state index in [2.05, 4.69) is 48.1 Å². The van der Waals surface area contributed by atoms with Gasteiger partial charge in [0.2, 0.25) is 11.8 Å². The van der Waals surface area contributed by atoms with Crippen LogP contribution >= 0.6 is 0 Å². The molecule has 12 rings (SSSR count). The number of pyridine rings is 1. The Kier molecular flexibility index (Phi) is 14.2. The van der Waals surface area contributed by atoms with Crippen molar-refractivity contribution in [1.29, 1.82) is 0 Å². The molecule has 20 heteroatoms. The predicted molar refractivity (Wildman–Crippen MR) is 291 cm³/mol. The smallest absolute Gasteiger partial charge is 0.409 e. The Morgan fingerprint density at radius 1 is 0.911 bits per heavy atom. The number of rotatable bonds is 16. The Balaban J connectivity index is 0.622. The number of piperazine rings is 2. The van der Waals surface area contributed by atoms with Crippen LogP contribution < -0.4 is 25.6 Å². The molecule has 9 heterocycles. The average molecular weight is 1080 g/mol. The Morgan fingerprint density at radius 2 is 1.71 bits per heavy atom. The van der Waals surface area contributed by atoms with Gasteiger partial charge < -0.3 is 29.9 Å². The molecule has 2 aromatic heterocycles. The number of benzene rings is 3. The number of hydrogen-bond acceptors (Lipinski definition) is 15. The summed E-state index contributed by atoms with van der Waals surface area (Å²) in [4.78, 5) is 87.8. The molecule has 0 radical (unpaired) electrons. The highest BCUT2D eigenvalue weighted by atomic mass is 19.1. The number of piperidine rings is 1. The molecule has 3 unspecified atom stereocenters. The number of terminal acetylenes is 1. The van der Waals surface area contributed by atoms with Gasteiger partial charge in [-0.1, -0.05) is 55.2 Å². The van der Waals surface area contributed by atoms with E-state index in [0.29, 0.717) is 73.2 Å². The number of carbonyl (C=O) groups is 5. The van der Waals surface area contributed by atoms with Crippen molar-refractivity contribution in [2.24, 2.45) is 0 Å². The second kappa shape index (κ2) is 21.6. The van der Waals surface area contributed by atoms with E-state index >= 15 is 8.78 Å². The minimum absolute atomic E-state index is 0.000916. The molecule has 3 N–H and O–H groups in total. The van der Waals surface area contributed by atoms with Gasteiger partial charge in [-0.2, -0.15) is 9.97 Å². The van der Waals surface area contributed by atoms with Gasteiger partial charge in [0.15, 0.2) is 5.82 Å². The number of unbranched alkanes of at least 4 members (excludes halogenated alkanes) is 3. The maximum absolute atomic E-state index is 17.2. The molecule has 6 fully saturated rings. The van der Waals surface area contributed by atoms with Crippen LogP contribution in [0.5, 0.6) is 6.01 Å². The summed E-state index contributed by atoms with van der Waals surface area (Å²) in [6, 6.07) is 12.8. The molecular weight excluding hydrogens is 1010 g/mol. The third-order valence-corrected chi connectivity index (χ3v) is 17.2. The summed E-state index contributed by atoms with van der Waals surface area (Å²) in [5.74, 6) is -0.334. The first kappa shape index (κ1) is 52.1. The van der Waals surface area contributed by atoms with E-state index in [9.17, 15) is 24.0 Å². The first-order chi connectivity index (χ1) is 38.3. The van der Waals surface area contributed by atoms with Gasteiger partial charge in [0.05, 0.1) is 27.6 Å². The second-order valence-electron chi connectivity index (χ2n) is 22.2. The van der Waals surface area contributed by atoms with Gasteiger partial charge >= 0.3 is 12.1 Å². The molecule has 410 valence electrons. The van der Waals surface area contributed by atoms with Crippen LogP contribution in [0.2, 0.25) is 0 Å². The molecule has 6 saturated heterocycles. The molecule has 5 amide bonds. The van der Waals surface area contributed by atoms with Crippen LogP contribution in [0.4, 0.5) is 25.1 Å². The molecule has 2 bridgehead atoms. The van der Waals surface area contributed by atoms with Crippen molar-refractivity contribution < 1.29 is 42.2 Å². The summed E-state index contributed by atoms with van der Waals surface area (Å²) >= 11 is 0. The van der Waals surface area contributed by atoms with E-state index in [0.717, 1.165) is 87.2 Å². The molecule has 18 nitrogen and oxygen atoms in total. The first-order valence-corrected chi connectivity index (χ1v) is 27.7. The highest BCUT2D eigenvalue weighted by molar-refractivity contribution is 6.23. The molecule has 7 aliphatic heterocycles. The van der Waals surface area contributed by atoms with Gasteiger partial charge in [-0.25, -0.2) is 13.6 Å². The summed E-state index contributed by atoms with van der Waals surface area (Å²) < 4.78 is 44.9. The van der Waals surface area contributed by atoms with Crippen molar-refractivity contribution in [3.05, 3.63) is 95.2 Å². The van der Waals surface area contributed by atoms with Crippen LogP contribution in [-0.4, -0.2) is 166 Å². The lowest BCUT2D eigenvalue weighted by atomic mass is 9.94. The molecule has 79 heavy (non-hydrogen) atoms. The van der Waals surface area contributed by atoms with Gasteiger partial charge in [0.25, 0.3) is 11.8 Å². The summed E-state index contributed by atoms with van der Waals surface area (Å²) in [5.41, 5.74) is 2.28. The van der Waals surface area contributed by atoms with Crippen molar-refractivity contribution in [3.63, 3.8) is 0 Å². The lowest BCUT2D eigenvalue weighted by molar-refractivity contribution is -0.136. The minimum Gasteiger partial charge on any atom is -0.461 e. The number of nitrogens with one attached hydrogen (secondary N) is 3. The number of nitrogens with zero attached hydrogens (tertiary/aromatic N) is 8. The van der Waals surface area contributed by atoms with Crippen LogP contribution in [0.25, 0.3) is 32.9 Å². The van der Waals surface area contributed by atoms with Crippen LogP contribution in [0, 0.1) is 24.0 Å². The molecule has 7 aliphatic rings. The third kappa shape index (κ3) is 10.0. The van der Waals surface area contributed by atoms with E-state index in [1.54, 1.807) is 53.6 Å². The van der Waals surface area contributed by atoms with Crippen LogP contribution in [0.3, 0.4) is 0 Å². The standard InChI is InChI=1S/C59H63F2N11O7/c1-3-41-46(60)16-11-36-9-8-10-43(49(36)41)51-50(61)52-45(29-63-51)53(70-31-38-12-13-39(32-70)64-38)67-57(66-52)79-34-59-20-19-40(71(59)30-35(2)28-59)33-78-58(77)69-25-23-68(24-26-69)22-7-5-4-6-21-62-37-14-15-42-44(27-37)56(76)72(55(42)75)47-17-18-48(73)65-54(47)74/h1,8-11,14-16,27,29,38-40,47,62,64H,2,4-7,12-13,17-26,28,30-34H2,(H,65,73,74)/t38?,39?,40-,47?,59-/m0/s1. The fourth-order valence-electron chi connectivity index (χ4n) is 13.2. The Bertz CT molecular complexity index is 3350. The van der Waals surface area contributed by atoms with Gasteiger partial charge in [0, 0.05) is 99.7 Å². The highest BCUT2D eigenvalue weighted by Gasteiger charge is 2.52. The number of carbonyl (C=O) groups excluding carboxylic acids is 5. The number of fused-ring (bicyclic) bond motifs is 6. The van der Waals surface area contributed by atoms with Crippen LogP contribution in [-0.2, 0) is 14.3 Å². The fraction of sp³-hybridized carbons (Fsp3) is 0.458. The number of imide groups is 2. The lowest BCUT2D eigenvalue weighted by Crippen LogP contribution is -2.54. The quantitative estimate of drug-likeness (QED) is 0.0424. The van der Waals surface area contributed by atoms with Crippen molar-refractivity contribution >= 4 is 62.9 Å². The topological polar surface area (TPSA) is 195 Å². The number of halogens is 2. The monoisotopic (exact) mass is 1080 g/mol. The fourth-order valence-corrected chi connectivity index (χ4v) is 13.2. The first-order valence-electron chi connectivity index (χ1n) is 27.7. The second-order valence-corrected chi connectivity index (χ2v) is 22.2. The summed E-state index contributed by atoms with van der Waals surface area (Å²) in [5, 5.41) is 10.8. The zero-order valence-electron chi connectivity index (χ0n) is 44.0. The van der Waals surface area contributed by atoms with Crippen molar-refractivity contribution in [1.82, 2.24) is 45.2 Å². The highest BCUT2D eigenvalue weighted by Crippen LogP contribution is 2.45. The largest absolute Gasteiger partial charge is 0.461 e. The van der Waals surface area contributed by atoms with Crippen molar-refractivity contribution in [2.45, 2.75) is 100 Å². The number of hydrogen-bond donors (Lipinski definition) is 3. The maximum atomic E-state index is 17.2. The zero-order valence-corrected chi connectivity index (χ0v) is 44.0. The summed E-state index contributed by atoms with van der Waals surface area (Å²) in [6.07, 6.45) is 15.6. The van der Waals surface area contributed by atoms with E-state index in [-0.39, 0.29) is 84.2 Å². The van der Waals surface area contributed by atoms with E-state index in [1.165, 1.54) is 6.07 Å². The Labute approximate surface area is 456 Å². The Hall–Kier alpha value is -7.60. The predicted octanol–water partition coefficient (Wildman–Crippen LogP) is 6.41. The van der Waals surface area contributed by atoms with Gasteiger partial charge in [-0.05, 0) is 87.6 Å². The summed E-state index contributed by atoms with van der Waals surface area (Å²) in [7, 11) is 0. The van der Waals surface area contributed by atoms with E-state index in [4.69, 9.17) is 25.9 Å². The average Bonchev–Trinajstić information content (AvgIpc) is 4.36. The molecule has 0 aliphatic carbocycles. The molecule has 0 spiro atoms. The van der Waals surface area contributed by atoms with Gasteiger partial charge in [-0.15, -0.1) is 6.42 Å². The van der Waals surface area contributed by atoms with E-state index in [1.807, 2.05) is 0 Å². The SMILES string of the molecule is C#Cc1c(F)ccc2cccc(-c3ncc4c(N5CC6CCC(C5)N6)nc(OC[C@@]56CC[C@@H](COC(=O)N7CCN(CCCCCCNc8ccc9c(c8)C(=O)N(C8CCC(=O)NC8=O)C9=O)CC7)N5CC(=C)C6)nc4c3F)c12. The lowest BCUT2D eigenvalue weighted by Gasteiger charge is -2.36. The molecule has 5 aromatic rings. The van der Waals surface area contributed by atoms with Gasteiger partial charge in [-0.3, -0.25) is 44.2 Å².